The van der Waals surface area contributed by atoms with Crippen LogP contribution in [0.3, 0.4) is 0 Å². The fourth-order valence-corrected chi connectivity index (χ4v) is 0.785. The Morgan fingerprint density at radius 1 is 1.38 bits per heavy atom. The van der Waals surface area contributed by atoms with Crippen LogP contribution < -0.4 is 0 Å². The highest BCUT2D eigenvalue weighted by molar-refractivity contribution is 5.37. The molecule has 1 rings (SSSR count). The van der Waals surface area contributed by atoms with Gasteiger partial charge in [0.15, 0.2) is 0 Å². The van der Waals surface area contributed by atoms with Crippen LogP contribution in [-0.4, -0.2) is 5.11 Å². The maximum atomic E-state index is 13.3. The summed E-state index contributed by atoms with van der Waals surface area (Å²) in [5.74, 6) is -2.99. The lowest BCUT2D eigenvalue weighted by atomic mass is 10.1. The van der Waals surface area contributed by atoms with Crippen molar-refractivity contribution in [3.05, 3.63) is 29.1 Å². The van der Waals surface area contributed by atoms with Gasteiger partial charge in [-0.3, -0.25) is 0 Å². The molecule has 1 aromatic rings. The van der Waals surface area contributed by atoms with Crippen molar-refractivity contribution in [3.63, 3.8) is 0 Å². The van der Waals surface area contributed by atoms with E-state index in [-0.39, 0.29) is 0 Å². The van der Waals surface area contributed by atoms with Crippen LogP contribution in [0.25, 0.3) is 0 Å². The van der Waals surface area contributed by atoms with E-state index < -0.39 is 35.7 Å². The average molecular weight is 197 g/mol. The van der Waals surface area contributed by atoms with Crippen molar-refractivity contribution in [1.29, 1.82) is 0 Å². The number of hydrogen-bond acceptors (Lipinski definition) is 1. The second-order valence-electron chi connectivity index (χ2n) is 2.32. The molecule has 72 valence electrons. The number of benzene rings is 1. The molecular weight excluding hydrogens is 188 g/mol. The third kappa shape index (κ3) is 1.74. The van der Waals surface area contributed by atoms with Gasteiger partial charge in [-0.05, 0) is 19.0 Å². The molecule has 0 spiro atoms. The maximum absolute atomic E-state index is 13.3. The Kier molecular flexibility index (Phi) is 1.39. The predicted octanol–water partition coefficient (Wildman–Crippen LogP) is 2.86. The Balaban J connectivity index is 3.52. The first kappa shape index (κ1) is 6.23. The Labute approximate surface area is 75.8 Å². The summed E-state index contributed by atoms with van der Waals surface area (Å²) in [5.41, 5.74) is -3.03. The quantitative estimate of drug-likeness (QED) is 0.634. The summed E-state index contributed by atoms with van der Waals surface area (Å²) >= 11 is 0. The number of phenolic OH excluding ortho intramolecular Hbond substituents is 1. The minimum absolute atomic E-state index is 0.292. The molecule has 0 radical (unpaired) electrons. The third-order valence-corrected chi connectivity index (χ3v) is 1.43. The van der Waals surface area contributed by atoms with E-state index in [1.165, 1.54) is 0 Å². The van der Waals surface area contributed by atoms with Crippen LogP contribution in [0.2, 0.25) is 0 Å². The van der Waals surface area contributed by atoms with Crippen molar-refractivity contribution in [1.82, 2.24) is 0 Å². The molecule has 0 saturated carbocycles. The van der Waals surface area contributed by atoms with Crippen LogP contribution in [0.15, 0.2) is 12.1 Å². The topological polar surface area (TPSA) is 20.2 Å². The molecule has 0 atom stereocenters. The number of halogens is 4. The zero-order valence-electron chi connectivity index (χ0n) is 9.11. The van der Waals surface area contributed by atoms with Crippen LogP contribution >= 0.6 is 0 Å². The molecule has 0 aromatic heterocycles. The molecule has 0 unspecified atom stereocenters. The van der Waals surface area contributed by atoms with Gasteiger partial charge in [0.25, 0.3) is 0 Å². The summed E-state index contributed by atoms with van der Waals surface area (Å²) in [5, 5.41) is 9.05. The number of alkyl halides is 3. The van der Waals surface area contributed by atoms with Crippen molar-refractivity contribution in [2.75, 3.05) is 0 Å². The van der Waals surface area contributed by atoms with Gasteiger partial charge in [-0.25, -0.2) is 4.39 Å². The van der Waals surface area contributed by atoms with Gasteiger partial charge in [-0.1, -0.05) is 0 Å². The molecule has 0 aliphatic carbocycles. The van der Waals surface area contributed by atoms with Gasteiger partial charge in [0.05, 0.1) is 5.56 Å². The molecule has 0 aliphatic rings. The summed E-state index contributed by atoms with van der Waals surface area (Å²) in [7, 11) is 0. The fraction of sp³-hybridized carbons (Fsp3) is 0.250. The van der Waals surface area contributed by atoms with Crippen LogP contribution in [0.5, 0.6) is 5.75 Å². The van der Waals surface area contributed by atoms with Gasteiger partial charge in [-0.15, -0.1) is 0 Å². The van der Waals surface area contributed by atoms with E-state index in [2.05, 4.69) is 0 Å². The fourth-order valence-electron chi connectivity index (χ4n) is 0.785. The van der Waals surface area contributed by atoms with Crippen molar-refractivity contribution >= 4 is 0 Å². The first-order valence-corrected chi connectivity index (χ1v) is 3.14. The zero-order chi connectivity index (χ0) is 12.7. The van der Waals surface area contributed by atoms with Gasteiger partial charge in [0.1, 0.15) is 11.6 Å². The molecule has 0 amide bonds. The summed E-state index contributed by atoms with van der Waals surface area (Å²) < 4.78 is 70.5. The Bertz CT molecular complexity index is 411. The number of phenols is 1. The third-order valence-electron chi connectivity index (χ3n) is 1.43. The highest BCUT2D eigenvalue weighted by Crippen LogP contribution is 2.34. The number of hydrogen-bond donors (Lipinski definition) is 1. The van der Waals surface area contributed by atoms with Crippen LogP contribution in [0.1, 0.15) is 15.2 Å². The molecule has 0 bridgehead atoms. The summed E-state index contributed by atoms with van der Waals surface area (Å²) in [6, 6.07) is 0.799. The molecule has 1 nitrogen and oxygen atoms in total. The number of rotatable bonds is 0. The molecule has 5 heteroatoms. The second kappa shape index (κ2) is 2.90. The van der Waals surface area contributed by atoms with Crippen molar-refractivity contribution < 1.29 is 26.8 Å². The normalized spacial score (nSPS) is 16.2. The van der Waals surface area contributed by atoms with E-state index in [0.717, 1.165) is 0 Å². The summed E-state index contributed by atoms with van der Waals surface area (Å²) in [4.78, 5) is 0. The Morgan fingerprint density at radius 3 is 2.46 bits per heavy atom. The molecule has 13 heavy (non-hydrogen) atoms. The van der Waals surface area contributed by atoms with Crippen LogP contribution in [-0.2, 0) is 6.18 Å². The second-order valence-corrected chi connectivity index (χ2v) is 2.32. The monoisotopic (exact) mass is 197 g/mol. The van der Waals surface area contributed by atoms with Crippen LogP contribution in [0, 0.1) is 12.7 Å². The SMILES string of the molecule is [2H]C([2H])([2H])c1c(O)ccc(C(F)(F)F)c1F. The maximum Gasteiger partial charge on any atom is 0.419 e. The predicted molar refractivity (Wildman–Crippen MR) is 37.8 cm³/mol. The average Bonchev–Trinajstić information content (AvgIpc) is 1.97. The Hall–Kier alpha value is -1.26. The highest BCUT2D eigenvalue weighted by Gasteiger charge is 2.34. The highest BCUT2D eigenvalue weighted by atomic mass is 19.4. The van der Waals surface area contributed by atoms with Crippen LogP contribution in [0.4, 0.5) is 17.6 Å². The van der Waals surface area contributed by atoms with E-state index >= 15 is 0 Å². The van der Waals surface area contributed by atoms with Crippen molar-refractivity contribution in [2.45, 2.75) is 13.0 Å². The molecule has 0 heterocycles. The van der Waals surface area contributed by atoms with Gasteiger partial charge in [-0.2, -0.15) is 13.2 Å². The molecule has 0 saturated heterocycles. The largest absolute Gasteiger partial charge is 0.508 e. The lowest BCUT2D eigenvalue weighted by Gasteiger charge is -2.09. The van der Waals surface area contributed by atoms with Crippen molar-refractivity contribution in [3.8, 4) is 5.75 Å². The lowest BCUT2D eigenvalue weighted by Crippen LogP contribution is -2.08. The molecule has 0 aliphatic heterocycles. The van der Waals surface area contributed by atoms with E-state index in [1.807, 2.05) is 0 Å². The van der Waals surface area contributed by atoms with E-state index in [9.17, 15) is 17.6 Å². The summed E-state index contributed by atoms with van der Waals surface area (Å²) in [6.07, 6.45) is -5.00. The minimum Gasteiger partial charge on any atom is -0.508 e. The van der Waals surface area contributed by atoms with Crippen molar-refractivity contribution in [2.24, 2.45) is 0 Å². The molecule has 1 N–H and O–H groups in total. The first-order valence-electron chi connectivity index (χ1n) is 4.64. The lowest BCUT2D eigenvalue weighted by molar-refractivity contribution is -0.140. The van der Waals surface area contributed by atoms with E-state index in [1.54, 1.807) is 0 Å². The van der Waals surface area contributed by atoms with Gasteiger partial charge in [0.2, 0.25) is 0 Å². The molecule has 1 aromatic carbocycles. The Morgan fingerprint density at radius 2 is 2.00 bits per heavy atom. The van der Waals surface area contributed by atoms with Gasteiger partial charge >= 0.3 is 6.18 Å². The molecular formula is C8H6F4O. The zero-order valence-corrected chi connectivity index (χ0v) is 6.11. The first-order chi connectivity index (χ1) is 7.05. The standard InChI is InChI=1S/C8H6F4O/c1-4-6(13)3-2-5(7(4)9)8(10,11)12/h2-3,13H,1H3/i1D3. The minimum atomic E-state index is -5.00. The molecule has 0 fully saturated rings. The smallest absolute Gasteiger partial charge is 0.419 e. The van der Waals surface area contributed by atoms with E-state index in [0.29, 0.717) is 12.1 Å². The van der Waals surface area contributed by atoms with Gasteiger partial charge < -0.3 is 5.11 Å². The number of aromatic hydroxyl groups is 1. The summed E-state index contributed by atoms with van der Waals surface area (Å²) in [6.45, 7) is -3.14. The van der Waals surface area contributed by atoms with E-state index in [4.69, 9.17) is 9.22 Å². The van der Waals surface area contributed by atoms with Gasteiger partial charge in [0, 0.05) is 9.68 Å².